The van der Waals surface area contributed by atoms with Gasteiger partial charge in [-0.25, -0.2) is 4.98 Å². The largest absolute Gasteiger partial charge is 0.371 e. The van der Waals surface area contributed by atoms with E-state index in [4.69, 9.17) is 5.73 Å². The highest BCUT2D eigenvalue weighted by atomic mass is 16.1. The number of nitrogens with zero attached hydrogens (tertiary/aromatic N) is 2. The molecule has 0 atom stereocenters. The first-order valence-corrected chi connectivity index (χ1v) is 5.92. The minimum absolute atomic E-state index is 0.101. The number of pyridine rings is 1. The molecule has 0 saturated heterocycles. The van der Waals surface area contributed by atoms with Gasteiger partial charge < -0.3 is 16.0 Å². The summed E-state index contributed by atoms with van der Waals surface area (Å²) in [5, 5.41) is 2.70. The molecule has 1 aromatic rings. The molecule has 0 spiro atoms. The van der Waals surface area contributed by atoms with Gasteiger partial charge in [-0.05, 0) is 26.0 Å². The lowest BCUT2D eigenvalue weighted by Crippen LogP contribution is -2.22. The Morgan fingerprint density at radius 1 is 1.41 bits per heavy atom. The standard InChI is InChI=1S/C12H20N4O/c1-3-16(4-2)10-5-6-11(14-9-10)15-12(17)7-8-13/h5-6,9H,3-4,7-8,13H2,1-2H3,(H,14,15,17). The maximum atomic E-state index is 11.3. The second-order valence-corrected chi connectivity index (χ2v) is 3.66. The van der Waals surface area contributed by atoms with Crippen molar-refractivity contribution in [1.82, 2.24) is 4.98 Å². The van der Waals surface area contributed by atoms with Crippen molar-refractivity contribution in [1.29, 1.82) is 0 Å². The summed E-state index contributed by atoms with van der Waals surface area (Å²) in [6, 6.07) is 3.76. The van der Waals surface area contributed by atoms with E-state index in [1.54, 1.807) is 6.20 Å². The van der Waals surface area contributed by atoms with E-state index < -0.39 is 0 Å². The van der Waals surface area contributed by atoms with Gasteiger partial charge in [0.2, 0.25) is 5.91 Å². The number of carbonyl (C=O) groups excluding carboxylic acids is 1. The zero-order valence-electron chi connectivity index (χ0n) is 10.4. The van der Waals surface area contributed by atoms with Crippen LogP contribution in [0, 0.1) is 0 Å². The second kappa shape index (κ2) is 6.85. The molecule has 1 heterocycles. The topological polar surface area (TPSA) is 71.2 Å². The Bertz CT molecular complexity index is 346. The summed E-state index contributed by atoms with van der Waals surface area (Å²) >= 11 is 0. The first-order valence-electron chi connectivity index (χ1n) is 5.92. The lowest BCUT2D eigenvalue weighted by molar-refractivity contribution is -0.116. The van der Waals surface area contributed by atoms with Crippen molar-refractivity contribution in [2.45, 2.75) is 20.3 Å². The Labute approximate surface area is 102 Å². The van der Waals surface area contributed by atoms with Crippen LogP contribution in [0.3, 0.4) is 0 Å². The van der Waals surface area contributed by atoms with E-state index in [-0.39, 0.29) is 5.91 Å². The number of amides is 1. The molecule has 17 heavy (non-hydrogen) atoms. The molecule has 0 aromatic carbocycles. The van der Waals surface area contributed by atoms with E-state index in [0.29, 0.717) is 18.8 Å². The highest BCUT2D eigenvalue weighted by Crippen LogP contribution is 2.14. The molecule has 0 fully saturated rings. The van der Waals surface area contributed by atoms with Crippen LogP contribution < -0.4 is 16.0 Å². The SMILES string of the molecule is CCN(CC)c1ccc(NC(=O)CCN)nc1. The average Bonchev–Trinajstić information content (AvgIpc) is 2.33. The predicted octanol–water partition coefficient (Wildman–Crippen LogP) is 1.22. The summed E-state index contributed by atoms with van der Waals surface area (Å²) in [4.78, 5) is 17.7. The molecule has 1 rings (SSSR count). The fourth-order valence-electron chi connectivity index (χ4n) is 1.57. The smallest absolute Gasteiger partial charge is 0.226 e. The number of nitrogens with two attached hydrogens (primary N) is 1. The van der Waals surface area contributed by atoms with Gasteiger partial charge >= 0.3 is 0 Å². The lowest BCUT2D eigenvalue weighted by atomic mass is 10.3. The Balaban J connectivity index is 2.64. The van der Waals surface area contributed by atoms with E-state index in [9.17, 15) is 4.79 Å². The number of rotatable bonds is 6. The molecule has 3 N–H and O–H groups in total. The molecule has 0 aliphatic heterocycles. The molecule has 94 valence electrons. The molecular weight excluding hydrogens is 216 g/mol. The maximum Gasteiger partial charge on any atom is 0.226 e. The first kappa shape index (κ1) is 13.4. The Hall–Kier alpha value is -1.62. The van der Waals surface area contributed by atoms with Gasteiger partial charge in [-0.2, -0.15) is 0 Å². The predicted molar refractivity (Wildman–Crippen MR) is 70.1 cm³/mol. The summed E-state index contributed by atoms with van der Waals surface area (Å²) in [6.07, 6.45) is 2.09. The molecule has 0 aliphatic carbocycles. The molecule has 0 radical (unpaired) electrons. The maximum absolute atomic E-state index is 11.3. The quantitative estimate of drug-likeness (QED) is 0.779. The van der Waals surface area contributed by atoms with Crippen LogP contribution in [0.25, 0.3) is 0 Å². The van der Waals surface area contributed by atoms with Crippen LogP contribution in [-0.4, -0.2) is 30.5 Å². The Kier molecular flexibility index (Phi) is 5.42. The molecule has 5 heteroatoms. The van der Waals surface area contributed by atoms with E-state index in [1.165, 1.54) is 0 Å². The van der Waals surface area contributed by atoms with Gasteiger partial charge in [-0.15, -0.1) is 0 Å². The average molecular weight is 236 g/mol. The van der Waals surface area contributed by atoms with Gasteiger partial charge in [0, 0.05) is 26.1 Å². The molecule has 1 aromatic heterocycles. The molecule has 5 nitrogen and oxygen atoms in total. The van der Waals surface area contributed by atoms with Crippen LogP contribution in [-0.2, 0) is 4.79 Å². The lowest BCUT2D eigenvalue weighted by Gasteiger charge is -2.20. The van der Waals surface area contributed by atoms with Crippen molar-refractivity contribution in [2.75, 3.05) is 29.9 Å². The van der Waals surface area contributed by atoms with Crippen LogP contribution in [0.4, 0.5) is 11.5 Å². The molecule has 0 saturated carbocycles. The van der Waals surface area contributed by atoms with Gasteiger partial charge in [0.05, 0.1) is 11.9 Å². The summed E-state index contributed by atoms with van der Waals surface area (Å²) in [5.41, 5.74) is 6.36. The first-order chi connectivity index (χ1) is 8.21. The zero-order chi connectivity index (χ0) is 12.7. The van der Waals surface area contributed by atoms with Crippen molar-refractivity contribution >= 4 is 17.4 Å². The third-order valence-corrected chi connectivity index (χ3v) is 2.52. The van der Waals surface area contributed by atoms with Gasteiger partial charge in [0.1, 0.15) is 5.82 Å². The number of aromatic nitrogens is 1. The van der Waals surface area contributed by atoms with Crippen molar-refractivity contribution in [2.24, 2.45) is 5.73 Å². The number of anilines is 2. The van der Waals surface area contributed by atoms with E-state index in [0.717, 1.165) is 18.8 Å². The summed E-state index contributed by atoms with van der Waals surface area (Å²) in [6.45, 7) is 6.43. The molecule has 0 unspecified atom stereocenters. The number of hydrogen-bond acceptors (Lipinski definition) is 4. The van der Waals surface area contributed by atoms with Crippen molar-refractivity contribution in [3.8, 4) is 0 Å². The van der Waals surface area contributed by atoms with Crippen molar-refractivity contribution in [3.05, 3.63) is 18.3 Å². The number of hydrogen-bond donors (Lipinski definition) is 2. The van der Waals surface area contributed by atoms with Gasteiger partial charge in [-0.3, -0.25) is 4.79 Å². The van der Waals surface area contributed by atoms with Crippen LogP contribution in [0.2, 0.25) is 0 Å². The minimum Gasteiger partial charge on any atom is -0.371 e. The minimum atomic E-state index is -0.101. The summed E-state index contributed by atoms with van der Waals surface area (Å²) < 4.78 is 0. The van der Waals surface area contributed by atoms with Gasteiger partial charge in [0.25, 0.3) is 0 Å². The fourth-order valence-corrected chi connectivity index (χ4v) is 1.57. The zero-order valence-corrected chi connectivity index (χ0v) is 10.4. The fraction of sp³-hybridized carbons (Fsp3) is 0.500. The molecule has 0 aliphatic rings. The van der Waals surface area contributed by atoms with Crippen molar-refractivity contribution in [3.63, 3.8) is 0 Å². The molecular formula is C12H20N4O. The molecule has 0 bridgehead atoms. The van der Waals surface area contributed by atoms with E-state index in [1.807, 2.05) is 12.1 Å². The Morgan fingerprint density at radius 3 is 2.59 bits per heavy atom. The second-order valence-electron chi connectivity index (χ2n) is 3.66. The van der Waals surface area contributed by atoms with Gasteiger partial charge in [-0.1, -0.05) is 0 Å². The Morgan fingerprint density at radius 2 is 2.12 bits per heavy atom. The third-order valence-electron chi connectivity index (χ3n) is 2.52. The van der Waals surface area contributed by atoms with Crippen molar-refractivity contribution < 1.29 is 4.79 Å². The van der Waals surface area contributed by atoms with Crippen LogP contribution in [0.15, 0.2) is 18.3 Å². The van der Waals surface area contributed by atoms with E-state index >= 15 is 0 Å². The number of nitrogens with one attached hydrogen (secondary N) is 1. The van der Waals surface area contributed by atoms with Crippen LogP contribution >= 0.6 is 0 Å². The van der Waals surface area contributed by atoms with Gasteiger partial charge in [0.15, 0.2) is 0 Å². The monoisotopic (exact) mass is 236 g/mol. The third kappa shape index (κ3) is 4.03. The van der Waals surface area contributed by atoms with Crippen LogP contribution in [0.1, 0.15) is 20.3 Å². The normalized spacial score (nSPS) is 10.1. The molecule has 1 amide bonds. The summed E-state index contributed by atoms with van der Waals surface area (Å²) in [7, 11) is 0. The highest BCUT2D eigenvalue weighted by molar-refractivity contribution is 5.89. The summed E-state index contributed by atoms with van der Waals surface area (Å²) in [5.74, 6) is 0.468. The van der Waals surface area contributed by atoms with E-state index in [2.05, 4.69) is 29.0 Å². The number of carbonyl (C=O) groups is 1. The van der Waals surface area contributed by atoms with Crippen LogP contribution in [0.5, 0.6) is 0 Å². The highest BCUT2D eigenvalue weighted by Gasteiger charge is 2.04.